The van der Waals surface area contributed by atoms with Crippen molar-refractivity contribution in [2.24, 2.45) is 11.8 Å². The van der Waals surface area contributed by atoms with E-state index in [2.05, 4.69) is 25.3 Å². The normalized spacial score (nSPS) is 37.2. The molecule has 0 radical (unpaired) electrons. The maximum atomic E-state index is 9.56. The van der Waals surface area contributed by atoms with Crippen LogP contribution < -0.4 is 0 Å². The molecule has 2 aliphatic rings. The highest BCUT2D eigenvalue weighted by Gasteiger charge is 2.23. The summed E-state index contributed by atoms with van der Waals surface area (Å²) in [6, 6.07) is 0. The first-order chi connectivity index (χ1) is 10.0. The Hall–Kier alpha value is -1.12. The van der Waals surface area contributed by atoms with Gasteiger partial charge < -0.3 is 10.2 Å². The van der Waals surface area contributed by atoms with Gasteiger partial charge in [0, 0.05) is 0 Å². The summed E-state index contributed by atoms with van der Waals surface area (Å²) >= 11 is 0. The van der Waals surface area contributed by atoms with Crippen LogP contribution in [0.5, 0.6) is 0 Å². The van der Waals surface area contributed by atoms with Crippen molar-refractivity contribution in [3.63, 3.8) is 0 Å². The van der Waals surface area contributed by atoms with Crippen LogP contribution >= 0.6 is 0 Å². The van der Waals surface area contributed by atoms with E-state index in [-0.39, 0.29) is 0 Å². The van der Waals surface area contributed by atoms with Gasteiger partial charge in [-0.25, -0.2) is 0 Å². The quantitative estimate of drug-likeness (QED) is 0.734. The van der Waals surface area contributed by atoms with Crippen molar-refractivity contribution in [3.8, 4) is 0 Å². The van der Waals surface area contributed by atoms with Crippen LogP contribution in [0.1, 0.15) is 53.4 Å². The highest BCUT2D eigenvalue weighted by Crippen LogP contribution is 2.29. The Morgan fingerprint density at radius 1 is 0.864 bits per heavy atom. The molecule has 0 aromatic heterocycles. The van der Waals surface area contributed by atoms with E-state index in [0.29, 0.717) is 11.8 Å². The molecule has 2 N–H and O–H groups in total. The summed E-state index contributed by atoms with van der Waals surface area (Å²) in [7, 11) is 0. The molecule has 2 unspecified atom stereocenters. The lowest BCUT2D eigenvalue weighted by molar-refractivity contribution is 0.0898. The zero-order valence-corrected chi connectivity index (χ0v) is 14.6. The molecular weight excluding hydrogens is 272 g/mol. The summed E-state index contributed by atoms with van der Waals surface area (Å²) in [5, 5.41) is 19.1. The summed E-state index contributed by atoms with van der Waals surface area (Å²) < 4.78 is 0. The minimum absolute atomic E-state index is 0.482. The smallest absolute Gasteiger partial charge is 0.0800 e. The molecule has 0 bridgehead atoms. The highest BCUT2D eigenvalue weighted by molar-refractivity contribution is 5.15. The Labute approximate surface area is 135 Å². The number of rotatable bonds is 2. The van der Waals surface area contributed by atoms with E-state index in [4.69, 9.17) is 0 Å². The van der Waals surface area contributed by atoms with Crippen LogP contribution in [-0.4, -0.2) is 21.4 Å². The molecule has 22 heavy (non-hydrogen) atoms. The fourth-order valence-electron chi connectivity index (χ4n) is 2.72. The van der Waals surface area contributed by atoms with Gasteiger partial charge in [0.2, 0.25) is 0 Å². The van der Waals surface area contributed by atoms with Crippen LogP contribution in [0.25, 0.3) is 0 Å². The van der Waals surface area contributed by atoms with Gasteiger partial charge in [-0.05, 0) is 65.2 Å². The van der Waals surface area contributed by atoms with Crippen LogP contribution in [0, 0.1) is 11.8 Å². The molecular formula is C20H32O2. The molecule has 4 atom stereocenters. The largest absolute Gasteiger partial charge is 0.386 e. The monoisotopic (exact) mass is 304 g/mol. The van der Waals surface area contributed by atoms with E-state index in [1.54, 1.807) is 0 Å². The SMILES string of the molecule is C=C(C)C1C=CC(C)(O)CC1.C=C(C)[C@H]1C=C[C@@](C)(O)CC1. The maximum absolute atomic E-state index is 9.56. The number of allylic oxidation sites excluding steroid dienone is 4. The standard InChI is InChI=1S/2C10H16O/c2*1-8(2)9-4-6-10(3,11)7-5-9/h2*4,6,9,11H,1,5,7H2,2-3H3/t9-,10+;/m0./s1. The van der Waals surface area contributed by atoms with Gasteiger partial charge in [0.05, 0.1) is 11.2 Å². The molecule has 0 aromatic carbocycles. The Morgan fingerprint density at radius 3 is 1.36 bits per heavy atom. The molecule has 0 saturated carbocycles. The van der Waals surface area contributed by atoms with Gasteiger partial charge in [0.1, 0.15) is 0 Å². The molecule has 2 heteroatoms. The molecule has 0 saturated heterocycles. The molecule has 0 aliphatic heterocycles. The molecule has 0 heterocycles. The molecule has 2 rings (SSSR count). The van der Waals surface area contributed by atoms with Gasteiger partial charge in [-0.15, -0.1) is 0 Å². The third-order valence-electron chi connectivity index (χ3n) is 4.56. The second-order valence-electron chi connectivity index (χ2n) is 7.42. The summed E-state index contributed by atoms with van der Waals surface area (Å²) in [6.07, 6.45) is 11.6. The van der Waals surface area contributed by atoms with Crippen molar-refractivity contribution in [1.29, 1.82) is 0 Å². The lowest BCUT2D eigenvalue weighted by Gasteiger charge is -2.27. The number of aliphatic hydroxyl groups is 2. The molecule has 2 nitrogen and oxygen atoms in total. The van der Waals surface area contributed by atoms with Gasteiger partial charge >= 0.3 is 0 Å². The predicted molar refractivity (Wildman–Crippen MR) is 94.6 cm³/mol. The van der Waals surface area contributed by atoms with E-state index < -0.39 is 11.2 Å². The second kappa shape index (κ2) is 7.43. The molecule has 124 valence electrons. The van der Waals surface area contributed by atoms with Crippen molar-refractivity contribution in [3.05, 3.63) is 48.6 Å². The first kappa shape index (κ1) is 18.9. The number of hydrogen-bond donors (Lipinski definition) is 2. The Morgan fingerprint density at radius 2 is 1.18 bits per heavy atom. The van der Waals surface area contributed by atoms with E-state index in [1.165, 1.54) is 11.1 Å². The fourth-order valence-corrected chi connectivity index (χ4v) is 2.72. The summed E-state index contributed by atoms with van der Waals surface area (Å²) in [6.45, 7) is 15.6. The third kappa shape index (κ3) is 6.33. The maximum Gasteiger partial charge on any atom is 0.0800 e. The summed E-state index contributed by atoms with van der Waals surface area (Å²) in [5.41, 5.74) is 1.23. The van der Waals surface area contributed by atoms with Crippen LogP contribution in [0.3, 0.4) is 0 Å². The lowest BCUT2D eigenvalue weighted by Crippen LogP contribution is -2.25. The van der Waals surface area contributed by atoms with Crippen molar-refractivity contribution in [2.45, 2.75) is 64.6 Å². The number of hydrogen-bond acceptors (Lipinski definition) is 2. The molecule has 0 spiro atoms. The van der Waals surface area contributed by atoms with Crippen LogP contribution in [0.4, 0.5) is 0 Å². The Bertz CT molecular complexity index is 422. The molecule has 0 fully saturated rings. The second-order valence-corrected chi connectivity index (χ2v) is 7.42. The zero-order chi connectivity index (χ0) is 17.0. The lowest BCUT2D eigenvalue weighted by atomic mass is 9.84. The minimum Gasteiger partial charge on any atom is -0.386 e. The average molecular weight is 304 g/mol. The zero-order valence-electron chi connectivity index (χ0n) is 14.6. The Kier molecular flexibility index (Phi) is 6.39. The highest BCUT2D eigenvalue weighted by atomic mass is 16.3. The van der Waals surface area contributed by atoms with Crippen molar-refractivity contribution in [2.75, 3.05) is 0 Å². The minimum atomic E-state index is -0.577. The van der Waals surface area contributed by atoms with Crippen LogP contribution in [0.2, 0.25) is 0 Å². The first-order valence-electron chi connectivity index (χ1n) is 8.17. The summed E-state index contributed by atoms with van der Waals surface area (Å²) in [5.74, 6) is 0.963. The third-order valence-corrected chi connectivity index (χ3v) is 4.56. The van der Waals surface area contributed by atoms with E-state index in [9.17, 15) is 10.2 Å². The van der Waals surface area contributed by atoms with E-state index >= 15 is 0 Å². The predicted octanol–water partition coefficient (Wildman–Crippen LogP) is 4.56. The van der Waals surface area contributed by atoms with Gasteiger partial charge in [-0.2, -0.15) is 0 Å². The summed E-state index contributed by atoms with van der Waals surface area (Å²) in [4.78, 5) is 0. The van der Waals surface area contributed by atoms with Gasteiger partial charge in [-0.1, -0.05) is 48.6 Å². The Balaban J connectivity index is 0.000000220. The molecule has 2 aliphatic carbocycles. The fraction of sp³-hybridized carbons (Fsp3) is 0.600. The van der Waals surface area contributed by atoms with Gasteiger partial charge in [0.15, 0.2) is 0 Å². The topological polar surface area (TPSA) is 40.5 Å². The van der Waals surface area contributed by atoms with E-state index in [1.807, 2.05) is 39.8 Å². The van der Waals surface area contributed by atoms with Crippen molar-refractivity contribution < 1.29 is 10.2 Å². The van der Waals surface area contributed by atoms with Crippen LogP contribution in [-0.2, 0) is 0 Å². The van der Waals surface area contributed by atoms with Gasteiger partial charge in [-0.3, -0.25) is 0 Å². The van der Waals surface area contributed by atoms with E-state index in [0.717, 1.165) is 25.7 Å². The van der Waals surface area contributed by atoms with Crippen molar-refractivity contribution in [1.82, 2.24) is 0 Å². The average Bonchev–Trinajstić information content (AvgIpc) is 2.38. The van der Waals surface area contributed by atoms with Crippen LogP contribution in [0.15, 0.2) is 48.6 Å². The molecule has 0 aromatic rings. The molecule has 0 amide bonds. The van der Waals surface area contributed by atoms with Crippen molar-refractivity contribution >= 4 is 0 Å². The van der Waals surface area contributed by atoms with Gasteiger partial charge in [0.25, 0.3) is 0 Å². The first-order valence-corrected chi connectivity index (χ1v) is 8.17.